The summed E-state index contributed by atoms with van der Waals surface area (Å²) >= 11 is 0. The molecular formula is C28H30N2O2. The van der Waals surface area contributed by atoms with Gasteiger partial charge in [0, 0.05) is 26.2 Å². The maximum atomic E-state index is 13.3. The van der Waals surface area contributed by atoms with E-state index in [2.05, 4.69) is 72.1 Å². The zero-order chi connectivity index (χ0) is 22.3. The van der Waals surface area contributed by atoms with E-state index in [1.165, 1.54) is 11.1 Å². The Morgan fingerprint density at radius 2 is 1.38 bits per heavy atom. The van der Waals surface area contributed by atoms with Gasteiger partial charge in [0.2, 0.25) is 0 Å². The van der Waals surface area contributed by atoms with Gasteiger partial charge in [-0.1, -0.05) is 79.4 Å². The van der Waals surface area contributed by atoms with Crippen LogP contribution in [0.15, 0.2) is 97.1 Å². The van der Waals surface area contributed by atoms with Crippen LogP contribution < -0.4 is 4.74 Å². The number of benzene rings is 3. The number of carbonyl (C=O) groups excluding carboxylic acids is 1. The van der Waals surface area contributed by atoms with Gasteiger partial charge in [-0.25, -0.2) is 0 Å². The van der Waals surface area contributed by atoms with Crippen LogP contribution in [0.2, 0.25) is 0 Å². The SMILES string of the molecule is C=C(C)COc1ccccc1C(=O)N1CCN(C(c2ccccc2)c2ccccc2)CC1. The molecule has 0 bridgehead atoms. The van der Waals surface area contributed by atoms with Crippen molar-refractivity contribution in [3.8, 4) is 5.75 Å². The van der Waals surface area contributed by atoms with Gasteiger partial charge in [0.15, 0.2) is 0 Å². The third-order valence-electron chi connectivity index (χ3n) is 5.79. The summed E-state index contributed by atoms with van der Waals surface area (Å²) in [5, 5.41) is 0. The van der Waals surface area contributed by atoms with Gasteiger partial charge in [0.25, 0.3) is 5.91 Å². The largest absolute Gasteiger partial charge is 0.488 e. The van der Waals surface area contributed by atoms with Gasteiger partial charge in [-0.3, -0.25) is 9.69 Å². The number of hydrogen-bond acceptors (Lipinski definition) is 3. The average Bonchev–Trinajstić information content (AvgIpc) is 2.84. The fourth-order valence-corrected chi connectivity index (χ4v) is 4.21. The Kier molecular flexibility index (Phi) is 7.03. The predicted molar refractivity (Wildman–Crippen MR) is 129 cm³/mol. The fourth-order valence-electron chi connectivity index (χ4n) is 4.21. The van der Waals surface area contributed by atoms with Crippen molar-refractivity contribution in [3.63, 3.8) is 0 Å². The zero-order valence-corrected chi connectivity index (χ0v) is 18.6. The molecule has 4 nitrogen and oxygen atoms in total. The summed E-state index contributed by atoms with van der Waals surface area (Å²) in [5.41, 5.74) is 4.09. The van der Waals surface area contributed by atoms with E-state index < -0.39 is 0 Å². The van der Waals surface area contributed by atoms with E-state index in [4.69, 9.17) is 4.74 Å². The second-order valence-electron chi connectivity index (χ2n) is 8.29. The molecule has 0 unspecified atom stereocenters. The lowest BCUT2D eigenvalue weighted by atomic mass is 9.96. The maximum absolute atomic E-state index is 13.3. The third-order valence-corrected chi connectivity index (χ3v) is 5.79. The number of piperazine rings is 1. The van der Waals surface area contributed by atoms with Gasteiger partial charge in [0.05, 0.1) is 11.6 Å². The Labute approximate surface area is 190 Å². The Morgan fingerprint density at radius 1 is 0.844 bits per heavy atom. The predicted octanol–water partition coefficient (Wildman–Crippen LogP) is 5.19. The number of rotatable bonds is 7. The van der Waals surface area contributed by atoms with Crippen LogP contribution >= 0.6 is 0 Å². The van der Waals surface area contributed by atoms with Crippen molar-refractivity contribution in [2.45, 2.75) is 13.0 Å². The Bertz CT molecular complexity index is 1000. The topological polar surface area (TPSA) is 32.8 Å². The van der Waals surface area contributed by atoms with Crippen molar-refractivity contribution in [2.24, 2.45) is 0 Å². The molecule has 32 heavy (non-hydrogen) atoms. The summed E-state index contributed by atoms with van der Waals surface area (Å²) in [5.74, 6) is 0.646. The molecule has 4 rings (SSSR count). The molecule has 4 heteroatoms. The van der Waals surface area contributed by atoms with Crippen LogP contribution in [0, 0.1) is 0 Å². The molecule has 1 saturated heterocycles. The molecule has 1 aliphatic rings. The van der Waals surface area contributed by atoms with E-state index in [0.29, 0.717) is 31.0 Å². The molecule has 0 atom stereocenters. The van der Waals surface area contributed by atoms with E-state index in [0.717, 1.165) is 18.7 Å². The lowest BCUT2D eigenvalue weighted by molar-refractivity contribution is 0.0593. The highest BCUT2D eigenvalue weighted by Crippen LogP contribution is 2.30. The van der Waals surface area contributed by atoms with Gasteiger partial charge in [-0.2, -0.15) is 0 Å². The first-order valence-electron chi connectivity index (χ1n) is 11.1. The van der Waals surface area contributed by atoms with Crippen molar-refractivity contribution in [3.05, 3.63) is 114 Å². The summed E-state index contributed by atoms with van der Waals surface area (Å²) in [6.45, 7) is 9.21. The van der Waals surface area contributed by atoms with Gasteiger partial charge < -0.3 is 9.64 Å². The van der Waals surface area contributed by atoms with E-state index in [1.54, 1.807) is 0 Å². The van der Waals surface area contributed by atoms with E-state index >= 15 is 0 Å². The van der Waals surface area contributed by atoms with Crippen LogP contribution in [0.3, 0.4) is 0 Å². The fraction of sp³-hybridized carbons (Fsp3) is 0.250. The molecule has 0 aromatic heterocycles. The highest BCUT2D eigenvalue weighted by atomic mass is 16.5. The summed E-state index contributed by atoms with van der Waals surface area (Å²) < 4.78 is 5.83. The average molecular weight is 427 g/mol. The molecule has 1 fully saturated rings. The number of carbonyl (C=O) groups is 1. The minimum atomic E-state index is 0.0259. The van der Waals surface area contributed by atoms with Crippen LogP contribution in [0.25, 0.3) is 0 Å². The lowest BCUT2D eigenvalue weighted by Crippen LogP contribution is -2.49. The quantitative estimate of drug-likeness (QED) is 0.488. The normalized spacial score (nSPS) is 14.4. The molecule has 0 radical (unpaired) electrons. The van der Waals surface area contributed by atoms with Crippen molar-refractivity contribution in [1.29, 1.82) is 0 Å². The van der Waals surface area contributed by atoms with Crippen LogP contribution in [0.4, 0.5) is 0 Å². The molecule has 0 spiro atoms. The lowest BCUT2D eigenvalue weighted by Gasteiger charge is -2.40. The number of ether oxygens (including phenoxy) is 1. The molecule has 0 N–H and O–H groups in total. The van der Waals surface area contributed by atoms with E-state index in [9.17, 15) is 4.79 Å². The monoisotopic (exact) mass is 426 g/mol. The first-order chi connectivity index (χ1) is 15.6. The molecule has 3 aromatic rings. The molecule has 0 aliphatic carbocycles. The summed E-state index contributed by atoms with van der Waals surface area (Å²) in [4.78, 5) is 17.7. The number of hydrogen-bond donors (Lipinski definition) is 0. The van der Waals surface area contributed by atoms with E-state index in [1.807, 2.05) is 36.1 Å². The van der Waals surface area contributed by atoms with Crippen LogP contribution in [0.5, 0.6) is 5.75 Å². The van der Waals surface area contributed by atoms with Crippen molar-refractivity contribution >= 4 is 5.91 Å². The zero-order valence-electron chi connectivity index (χ0n) is 18.6. The Hall–Kier alpha value is -3.37. The van der Waals surface area contributed by atoms with Crippen LogP contribution in [-0.4, -0.2) is 48.5 Å². The number of amides is 1. The standard InChI is InChI=1S/C28H30N2O2/c1-22(2)21-32-26-16-10-9-15-25(26)28(31)30-19-17-29(18-20-30)27(23-11-5-3-6-12-23)24-13-7-4-8-14-24/h3-16,27H,1,17-21H2,2H3. The Balaban J connectivity index is 1.49. The smallest absolute Gasteiger partial charge is 0.257 e. The number of para-hydroxylation sites is 1. The van der Waals surface area contributed by atoms with E-state index in [-0.39, 0.29) is 11.9 Å². The molecule has 164 valence electrons. The highest BCUT2D eigenvalue weighted by Gasteiger charge is 2.29. The summed E-state index contributed by atoms with van der Waals surface area (Å²) in [6.07, 6.45) is 0. The molecule has 1 heterocycles. The van der Waals surface area contributed by atoms with Crippen molar-refractivity contribution in [1.82, 2.24) is 9.80 Å². The van der Waals surface area contributed by atoms with Gasteiger partial charge >= 0.3 is 0 Å². The van der Waals surface area contributed by atoms with Gasteiger partial charge in [-0.15, -0.1) is 0 Å². The molecule has 1 amide bonds. The van der Waals surface area contributed by atoms with Gasteiger partial charge in [-0.05, 0) is 35.8 Å². The van der Waals surface area contributed by atoms with Crippen molar-refractivity contribution in [2.75, 3.05) is 32.8 Å². The Morgan fingerprint density at radius 3 is 1.94 bits per heavy atom. The molecule has 3 aromatic carbocycles. The summed E-state index contributed by atoms with van der Waals surface area (Å²) in [6, 6.07) is 28.9. The first-order valence-corrected chi connectivity index (χ1v) is 11.1. The van der Waals surface area contributed by atoms with Gasteiger partial charge in [0.1, 0.15) is 12.4 Å². The minimum Gasteiger partial charge on any atom is -0.488 e. The number of nitrogens with zero attached hydrogens (tertiary/aromatic N) is 2. The molecule has 0 saturated carbocycles. The summed E-state index contributed by atoms with van der Waals surface area (Å²) in [7, 11) is 0. The second kappa shape index (κ2) is 10.3. The molecular weight excluding hydrogens is 396 g/mol. The molecule has 1 aliphatic heterocycles. The van der Waals surface area contributed by atoms with Crippen LogP contribution in [-0.2, 0) is 0 Å². The van der Waals surface area contributed by atoms with Crippen molar-refractivity contribution < 1.29 is 9.53 Å². The van der Waals surface area contributed by atoms with Crippen LogP contribution in [0.1, 0.15) is 34.5 Å². The minimum absolute atomic E-state index is 0.0259. The maximum Gasteiger partial charge on any atom is 0.257 e. The third kappa shape index (κ3) is 5.09. The first kappa shape index (κ1) is 21.8. The highest BCUT2D eigenvalue weighted by molar-refractivity contribution is 5.97. The second-order valence-corrected chi connectivity index (χ2v) is 8.29.